The van der Waals surface area contributed by atoms with Crippen LogP contribution in [0.15, 0.2) is 194 Å². The Morgan fingerprint density at radius 3 is 0.841 bits per heavy atom. The molecule has 14 aromatic rings. The molecule has 0 radical (unpaired) electrons. The normalized spacial score (nSPS) is 11.6. The molecule has 14 rings (SSSR count). The highest BCUT2D eigenvalue weighted by atomic mass is 15.1. The summed E-state index contributed by atoms with van der Waals surface area (Å²) in [7, 11) is 0. The Kier molecular flexibility index (Phi) is 13.5. The lowest BCUT2D eigenvalue weighted by atomic mass is 9.91. The number of hydrogen-bond acceptors (Lipinski definition) is 3. The van der Waals surface area contributed by atoms with E-state index in [1.165, 1.54) is 89.0 Å². The van der Waals surface area contributed by atoms with Crippen molar-refractivity contribution in [1.82, 2.24) is 24.1 Å². The van der Waals surface area contributed by atoms with E-state index < -0.39 is 0 Å². The molecule has 0 aliphatic heterocycles. The maximum atomic E-state index is 9.23. The Bertz CT molecular complexity index is 4900. The zero-order valence-corrected chi connectivity index (χ0v) is 52.2. The summed E-state index contributed by atoms with van der Waals surface area (Å²) >= 11 is 0. The highest BCUT2D eigenvalue weighted by Gasteiger charge is 2.27. The van der Waals surface area contributed by atoms with E-state index in [9.17, 15) is 6.57 Å². The molecule has 6 heteroatoms. The second-order valence-electron chi connectivity index (χ2n) is 24.7. The van der Waals surface area contributed by atoms with Gasteiger partial charge in [0.2, 0.25) is 0 Å². The third-order valence-corrected chi connectivity index (χ3v) is 18.0. The molecule has 0 N–H and O–H groups in total. The molecule has 3 heterocycles. The van der Waals surface area contributed by atoms with Crippen molar-refractivity contribution >= 4 is 49.3 Å². The van der Waals surface area contributed by atoms with Gasteiger partial charge in [-0.25, -0.2) is 19.8 Å². The summed E-state index contributed by atoms with van der Waals surface area (Å²) in [5.41, 5.74) is 33.2. The monoisotopic (exact) mass is 1140 g/mol. The van der Waals surface area contributed by atoms with Crippen LogP contribution in [0.1, 0.15) is 66.8 Å². The molecule has 0 aliphatic carbocycles. The average Bonchev–Trinajstić information content (AvgIpc) is 1.65. The lowest BCUT2D eigenvalue weighted by molar-refractivity contribution is 1.07. The van der Waals surface area contributed by atoms with Gasteiger partial charge in [-0.15, -0.1) is 0 Å². The van der Waals surface area contributed by atoms with Gasteiger partial charge < -0.3 is 9.13 Å². The summed E-state index contributed by atoms with van der Waals surface area (Å²) in [4.78, 5) is 20.2. The Morgan fingerprint density at radius 1 is 0.284 bits per heavy atom. The van der Waals surface area contributed by atoms with E-state index in [2.05, 4.69) is 231 Å². The second-order valence-corrected chi connectivity index (χ2v) is 24.7. The molecular formula is C82H68N6. The van der Waals surface area contributed by atoms with Crippen molar-refractivity contribution in [1.29, 1.82) is 0 Å². The topological polar surface area (TPSA) is 52.9 Å². The van der Waals surface area contributed by atoms with Crippen molar-refractivity contribution in [3.8, 4) is 90.0 Å². The average molecular weight is 1140 g/mol. The fourth-order valence-electron chi connectivity index (χ4n) is 14.9. The van der Waals surface area contributed by atoms with Crippen LogP contribution >= 0.6 is 0 Å². The van der Waals surface area contributed by atoms with Crippen molar-refractivity contribution in [2.24, 2.45) is 0 Å². The third-order valence-electron chi connectivity index (χ3n) is 18.0. The van der Waals surface area contributed by atoms with E-state index in [1.54, 1.807) is 0 Å². The van der Waals surface area contributed by atoms with Gasteiger partial charge in [0.25, 0.3) is 0 Å². The maximum absolute atomic E-state index is 9.23. The predicted molar refractivity (Wildman–Crippen MR) is 370 cm³/mol. The van der Waals surface area contributed by atoms with Crippen LogP contribution in [0.2, 0.25) is 0 Å². The first-order chi connectivity index (χ1) is 42.5. The highest BCUT2D eigenvalue weighted by molar-refractivity contribution is 6.15. The number of rotatable bonds is 9. The van der Waals surface area contributed by atoms with Crippen LogP contribution < -0.4 is 0 Å². The fraction of sp³-hybridized carbons (Fsp3) is 0.146. The Balaban J connectivity index is 1.13. The van der Waals surface area contributed by atoms with Crippen molar-refractivity contribution in [3.05, 3.63) is 272 Å². The molecule has 11 aromatic carbocycles. The molecule has 0 spiro atoms. The predicted octanol–water partition coefficient (Wildman–Crippen LogP) is 22.0. The van der Waals surface area contributed by atoms with Crippen molar-refractivity contribution in [2.45, 2.75) is 83.1 Å². The van der Waals surface area contributed by atoms with Crippen LogP contribution in [0, 0.1) is 89.7 Å². The molecule has 3 aromatic heterocycles. The molecule has 0 aliphatic rings. The first-order valence-corrected chi connectivity index (χ1v) is 30.4. The van der Waals surface area contributed by atoms with E-state index in [0.717, 1.165) is 88.4 Å². The molecule has 0 unspecified atom stereocenters. The first kappa shape index (κ1) is 55.4. The van der Waals surface area contributed by atoms with Gasteiger partial charge in [0, 0.05) is 38.2 Å². The van der Waals surface area contributed by atoms with E-state index in [4.69, 9.17) is 15.0 Å². The summed E-state index contributed by atoms with van der Waals surface area (Å²) in [6, 6.07) is 70.7. The molecule has 0 saturated carbocycles. The van der Waals surface area contributed by atoms with E-state index in [-0.39, 0.29) is 0 Å². The van der Waals surface area contributed by atoms with Gasteiger partial charge in [-0.3, -0.25) is 0 Å². The molecule has 0 atom stereocenters. The summed E-state index contributed by atoms with van der Waals surface area (Å²) in [6.45, 7) is 35.8. The summed E-state index contributed by atoms with van der Waals surface area (Å²) in [5.74, 6) is 1.47. The lowest BCUT2D eigenvalue weighted by Crippen LogP contribution is -2.06. The molecular weight excluding hydrogens is 1070 g/mol. The maximum Gasteiger partial charge on any atom is 0.200 e. The quantitative estimate of drug-likeness (QED) is 0.135. The van der Waals surface area contributed by atoms with E-state index >= 15 is 0 Å². The first-order valence-electron chi connectivity index (χ1n) is 30.4. The van der Waals surface area contributed by atoms with E-state index in [1.807, 2.05) is 60.7 Å². The van der Waals surface area contributed by atoms with Gasteiger partial charge in [0.1, 0.15) is 0 Å². The Labute approximate surface area is 516 Å². The Morgan fingerprint density at radius 2 is 0.557 bits per heavy atom. The lowest BCUT2D eigenvalue weighted by Gasteiger charge is -2.20. The molecule has 0 saturated heterocycles. The molecule has 6 nitrogen and oxygen atoms in total. The number of nitrogens with zero attached hydrogens (tertiary/aromatic N) is 6. The van der Waals surface area contributed by atoms with Crippen molar-refractivity contribution in [3.63, 3.8) is 0 Å². The van der Waals surface area contributed by atoms with E-state index in [0.29, 0.717) is 28.7 Å². The minimum atomic E-state index is 0.414. The Hall–Kier alpha value is -10.5. The molecule has 0 fully saturated rings. The molecule has 0 amide bonds. The summed E-state index contributed by atoms with van der Waals surface area (Å²) < 4.78 is 4.84. The number of benzene rings is 11. The molecule has 426 valence electrons. The van der Waals surface area contributed by atoms with Crippen LogP contribution in [-0.4, -0.2) is 24.1 Å². The highest BCUT2D eigenvalue weighted by Crippen LogP contribution is 2.47. The van der Waals surface area contributed by atoms with Crippen molar-refractivity contribution in [2.75, 3.05) is 0 Å². The summed E-state index contributed by atoms with van der Waals surface area (Å²) in [6.07, 6.45) is 0. The van der Waals surface area contributed by atoms with Crippen LogP contribution in [0.25, 0.3) is 139 Å². The third kappa shape index (κ3) is 9.37. The van der Waals surface area contributed by atoms with Gasteiger partial charge in [-0.1, -0.05) is 156 Å². The van der Waals surface area contributed by atoms with Gasteiger partial charge in [-0.05, 0) is 233 Å². The van der Waals surface area contributed by atoms with Crippen LogP contribution in [0.3, 0.4) is 0 Å². The fourth-order valence-corrected chi connectivity index (χ4v) is 14.9. The SMILES string of the molecule is [C-]#[N+]c1cc(-n2c3ccc(-c4c(C)cc(C)cc4C)cc3c3cc(-c4c(C)cc(C)cc4C)ccc32)c(-n2c3ccc(-c4c(C)cc(C)cc4C)cc3c3cc(-c4c(C)cc(C)cc4C)ccc32)cc1-c1nc(-c2ccccc2)nc(-c2ccccc2)n1. The minimum Gasteiger partial charge on any atom is -0.308 e. The molecule has 0 bridgehead atoms. The van der Waals surface area contributed by atoms with Crippen LogP contribution in [0.5, 0.6) is 0 Å². The zero-order valence-electron chi connectivity index (χ0n) is 52.2. The summed E-state index contributed by atoms with van der Waals surface area (Å²) in [5, 5.41) is 4.49. The molecule has 88 heavy (non-hydrogen) atoms. The zero-order chi connectivity index (χ0) is 61.0. The van der Waals surface area contributed by atoms with Crippen molar-refractivity contribution < 1.29 is 0 Å². The van der Waals surface area contributed by atoms with Gasteiger partial charge in [-0.2, -0.15) is 0 Å². The number of aromatic nitrogens is 5. The number of hydrogen-bond donors (Lipinski definition) is 0. The van der Waals surface area contributed by atoms with Crippen LogP contribution in [0.4, 0.5) is 5.69 Å². The largest absolute Gasteiger partial charge is 0.308 e. The standard InChI is InChI=1S/C82H68N6/c1-46-32-50(5)76(51(6)33-46)60-24-28-70-64(40-60)65-41-61(77-52(7)34-47(2)35-53(77)8)25-29-71(65)87(70)74-44-68(82-85-80(58-20-16-14-17-21-58)84-81(86-82)59-22-18-15-19-23-59)69(83-13)45-75(74)88-72-30-26-62(78-54(9)36-48(3)37-55(78)10)42-66(72)67-43-63(27-31-73(67)88)79-56(11)38-49(4)39-57(79)12/h14-45H,1-12H3. The van der Waals surface area contributed by atoms with Gasteiger partial charge >= 0.3 is 0 Å². The number of fused-ring (bicyclic) bond motifs is 6. The van der Waals surface area contributed by atoms with Crippen LogP contribution in [-0.2, 0) is 0 Å². The van der Waals surface area contributed by atoms with Gasteiger partial charge in [0.15, 0.2) is 23.2 Å². The second kappa shape index (κ2) is 21.5. The smallest absolute Gasteiger partial charge is 0.200 e. The minimum absolute atomic E-state index is 0.414. The van der Waals surface area contributed by atoms with Gasteiger partial charge in [0.05, 0.1) is 40.0 Å². The number of aryl methyl sites for hydroxylation is 12.